The van der Waals surface area contributed by atoms with E-state index >= 15 is 0 Å². The van der Waals surface area contributed by atoms with Crippen molar-refractivity contribution in [1.82, 2.24) is 10.2 Å². The van der Waals surface area contributed by atoms with Crippen LogP contribution in [0.15, 0.2) is 59.6 Å². The Balaban J connectivity index is 1.58. The molecule has 0 bridgehead atoms. The maximum Gasteiger partial charge on any atom is 0.234 e. The van der Waals surface area contributed by atoms with Crippen molar-refractivity contribution in [3.05, 3.63) is 71.5 Å². The van der Waals surface area contributed by atoms with Gasteiger partial charge >= 0.3 is 0 Å². The number of aryl methyl sites for hydroxylation is 2. The van der Waals surface area contributed by atoms with Gasteiger partial charge in [0.1, 0.15) is 10.8 Å². The van der Waals surface area contributed by atoms with Gasteiger partial charge in [-0.1, -0.05) is 23.9 Å². The first kappa shape index (κ1) is 18.1. The van der Waals surface area contributed by atoms with Crippen molar-refractivity contribution >= 4 is 23.4 Å². The molecule has 3 rings (SSSR count). The Kier molecular flexibility index (Phi) is 5.63. The van der Waals surface area contributed by atoms with E-state index in [-0.39, 0.29) is 17.5 Å². The molecule has 1 heterocycles. The maximum atomic E-state index is 13.0. The minimum atomic E-state index is -0.288. The average Bonchev–Trinajstić information content (AvgIpc) is 2.64. The molecule has 0 spiro atoms. The number of aromatic nitrogens is 2. The molecular formula is C20H18FN3OS. The normalized spacial score (nSPS) is 10.6. The molecule has 2 aromatic carbocycles. The summed E-state index contributed by atoms with van der Waals surface area (Å²) in [5, 5.41) is 11.8. The first-order valence-electron chi connectivity index (χ1n) is 8.11. The van der Waals surface area contributed by atoms with Crippen LogP contribution in [0.4, 0.5) is 10.1 Å². The van der Waals surface area contributed by atoms with Crippen LogP contribution < -0.4 is 5.32 Å². The van der Waals surface area contributed by atoms with Crippen LogP contribution in [0.3, 0.4) is 0 Å². The van der Waals surface area contributed by atoms with E-state index in [1.54, 1.807) is 12.1 Å². The molecule has 26 heavy (non-hydrogen) atoms. The van der Waals surface area contributed by atoms with Gasteiger partial charge in [-0.15, -0.1) is 10.2 Å². The summed E-state index contributed by atoms with van der Waals surface area (Å²) in [5.41, 5.74) is 4.41. The van der Waals surface area contributed by atoms with E-state index in [0.717, 1.165) is 22.4 Å². The molecule has 1 N–H and O–H groups in total. The molecule has 0 atom stereocenters. The Morgan fingerprint density at radius 2 is 1.81 bits per heavy atom. The molecule has 3 aromatic rings. The van der Waals surface area contributed by atoms with Crippen LogP contribution >= 0.6 is 11.8 Å². The molecule has 1 amide bonds. The van der Waals surface area contributed by atoms with Gasteiger partial charge in [-0.05, 0) is 67.4 Å². The fraction of sp³-hybridized carbons (Fsp3) is 0.150. The predicted molar refractivity (Wildman–Crippen MR) is 103 cm³/mol. The zero-order chi connectivity index (χ0) is 18.5. The zero-order valence-corrected chi connectivity index (χ0v) is 15.3. The minimum absolute atomic E-state index is 0.0897. The number of nitrogens with zero attached hydrogens (tertiary/aromatic N) is 2. The van der Waals surface area contributed by atoms with Gasteiger partial charge in [0.25, 0.3) is 0 Å². The molecule has 0 aliphatic carbocycles. The lowest BCUT2D eigenvalue weighted by molar-refractivity contribution is -0.113. The van der Waals surface area contributed by atoms with Crippen molar-refractivity contribution in [3.8, 4) is 11.3 Å². The Morgan fingerprint density at radius 1 is 1.04 bits per heavy atom. The monoisotopic (exact) mass is 367 g/mol. The van der Waals surface area contributed by atoms with E-state index in [4.69, 9.17) is 0 Å². The summed E-state index contributed by atoms with van der Waals surface area (Å²) in [4.78, 5) is 12.2. The van der Waals surface area contributed by atoms with Crippen molar-refractivity contribution in [2.24, 2.45) is 0 Å². The third-order valence-electron chi connectivity index (χ3n) is 3.80. The fourth-order valence-electron chi connectivity index (χ4n) is 2.37. The molecule has 132 valence electrons. The number of thioether (sulfide) groups is 1. The Hall–Kier alpha value is -2.73. The second-order valence-corrected chi connectivity index (χ2v) is 6.91. The molecule has 0 fully saturated rings. The number of rotatable bonds is 5. The Bertz CT molecular complexity index is 911. The van der Waals surface area contributed by atoms with Gasteiger partial charge in [-0.2, -0.15) is 0 Å². The van der Waals surface area contributed by atoms with Crippen molar-refractivity contribution in [3.63, 3.8) is 0 Å². The molecule has 1 aromatic heterocycles. The van der Waals surface area contributed by atoms with Crippen LogP contribution in [0.2, 0.25) is 0 Å². The number of nitrogens with one attached hydrogen (secondary N) is 1. The highest BCUT2D eigenvalue weighted by molar-refractivity contribution is 7.99. The van der Waals surface area contributed by atoms with Crippen LogP contribution in [0.5, 0.6) is 0 Å². The lowest BCUT2D eigenvalue weighted by Gasteiger charge is -2.09. The van der Waals surface area contributed by atoms with Crippen molar-refractivity contribution < 1.29 is 9.18 Å². The lowest BCUT2D eigenvalue weighted by Crippen LogP contribution is -2.15. The SMILES string of the molecule is Cc1ccc(C)c(NC(=O)CSc2ccc(-c3ccc(F)cc3)nn2)c1. The Morgan fingerprint density at radius 3 is 2.50 bits per heavy atom. The highest BCUT2D eigenvalue weighted by Gasteiger charge is 2.08. The summed E-state index contributed by atoms with van der Waals surface area (Å²) in [5.74, 6) is -0.130. The third kappa shape index (κ3) is 4.67. The maximum absolute atomic E-state index is 13.0. The summed E-state index contributed by atoms with van der Waals surface area (Å²) in [6.07, 6.45) is 0. The van der Waals surface area contributed by atoms with E-state index in [2.05, 4.69) is 15.5 Å². The van der Waals surface area contributed by atoms with E-state index in [0.29, 0.717) is 10.7 Å². The predicted octanol–water partition coefficient (Wildman–Crippen LogP) is 4.63. The molecule has 0 unspecified atom stereocenters. The number of anilines is 1. The van der Waals surface area contributed by atoms with Gasteiger partial charge in [0, 0.05) is 11.3 Å². The fourth-order valence-corrected chi connectivity index (χ4v) is 2.98. The van der Waals surface area contributed by atoms with Gasteiger partial charge in [-0.3, -0.25) is 4.79 Å². The molecule has 0 radical (unpaired) electrons. The molecule has 0 saturated heterocycles. The third-order valence-corrected chi connectivity index (χ3v) is 4.72. The molecule has 0 aliphatic rings. The van der Waals surface area contributed by atoms with Gasteiger partial charge in [-0.25, -0.2) is 4.39 Å². The second-order valence-electron chi connectivity index (χ2n) is 5.92. The van der Waals surface area contributed by atoms with Crippen LogP contribution in [0.1, 0.15) is 11.1 Å². The number of halogens is 1. The molecular weight excluding hydrogens is 349 g/mol. The summed E-state index contributed by atoms with van der Waals surface area (Å²) in [6, 6.07) is 15.7. The van der Waals surface area contributed by atoms with Crippen LogP contribution in [0.25, 0.3) is 11.3 Å². The van der Waals surface area contributed by atoms with Gasteiger partial charge < -0.3 is 5.32 Å². The van der Waals surface area contributed by atoms with E-state index in [1.807, 2.05) is 44.2 Å². The largest absolute Gasteiger partial charge is 0.325 e. The van der Waals surface area contributed by atoms with Gasteiger partial charge in [0.15, 0.2) is 0 Å². The highest BCUT2D eigenvalue weighted by Crippen LogP contribution is 2.21. The smallest absolute Gasteiger partial charge is 0.234 e. The Labute approximate surface area is 155 Å². The summed E-state index contributed by atoms with van der Waals surface area (Å²) in [7, 11) is 0. The van der Waals surface area contributed by atoms with Crippen molar-refractivity contribution in [1.29, 1.82) is 0 Å². The molecule has 0 aliphatic heterocycles. The van der Waals surface area contributed by atoms with Crippen LogP contribution in [0, 0.1) is 19.7 Å². The summed E-state index contributed by atoms with van der Waals surface area (Å²) < 4.78 is 13.0. The summed E-state index contributed by atoms with van der Waals surface area (Å²) in [6.45, 7) is 3.95. The first-order valence-corrected chi connectivity index (χ1v) is 9.09. The lowest BCUT2D eigenvalue weighted by atomic mass is 10.1. The molecule has 4 nitrogen and oxygen atoms in total. The van der Waals surface area contributed by atoms with Crippen molar-refractivity contribution in [2.75, 3.05) is 11.1 Å². The number of hydrogen-bond acceptors (Lipinski definition) is 4. The standard InChI is InChI=1S/C20H18FN3OS/c1-13-3-4-14(2)18(11-13)22-19(25)12-26-20-10-9-17(23-24-20)15-5-7-16(21)8-6-15/h3-11H,12H2,1-2H3,(H,22,25). The number of hydrogen-bond donors (Lipinski definition) is 1. The number of amides is 1. The van der Waals surface area contributed by atoms with E-state index in [1.165, 1.54) is 23.9 Å². The number of carbonyl (C=O) groups is 1. The molecule has 6 heteroatoms. The highest BCUT2D eigenvalue weighted by atomic mass is 32.2. The van der Waals surface area contributed by atoms with E-state index < -0.39 is 0 Å². The van der Waals surface area contributed by atoms with Gasteiger partial charge in [0.05, 0.1) is 11.4 Å². The van der Waals surface area contributed by atoms with Crippen LogP contribution in [-0.4, -0.2) is 21.9 Å². The van der Waals surface area contributed by atoms with E-state index in [9.17, 15) is 9.18 Å². The van der Waals surface area contributed by atoms with Crippen LogP contribution in [-0.2, 0) is 4.79 Å². The quantitative estimate of drug-likeness (QED) is 0.668. The second kappa shape index (κ2) is 8.10. The topological polar surface area (TPSA) is 54.9 Å². The zero-order valence-electron chi connectivity index (χ0n) is 14.5. The molecule has 0 saturated carbocycles. The number of carbonyl (C=O) groups excluding carboxylic acids is 1. The first-order chi connectivity index (χ1) is 12.5. The van der Waals surface area contributed by atoms with Gasteiger partial charge in [0.2, 0.25) is 5.91 Å². The summed E-state index contributed by atoms with van der Waals surface area (Å²) >= 11 is 1.32. The van der Waals surface area contributed by atoms with Crippen molar-refractivity contribution in [2.45, 2.75) is 18.9 Å². The number of benzene rings is 2. The minimum Gasteiger partial charge on any atom is -0.325 e. The average molecular weight is 367 g/mol.